The average Bonchev–Trinajstić information content (AvgIpc) is 2.73. The number of aromatic nitrogens is 1. The predicted molar refractivity (Wildman–Crippen MR) is 77.1 cm³/mol. The van der Waals surface area contributed by atoms with E-state index in [9.17, 15) is 13.5 Å². The molecule has 0 saturated heterocycles. The monoisotopic (exact) mass is 310 g/mol. The maximum atomic E-state index is 12.5. The highest BCUT2D eigenvalue weighted by atomic mass is 32.2. The SMILES string of the molecule is Cc1oc(C)c(S(=O)(=O)NC(C)c2ccncc2)c1CO. The van der Waals surface area contributed by atoms with E-state index in [0.29, 0.717) is 11.3 Å². The molecule has 0 amide bonds. The molecule has 0 aromatic carbocycles. The van der Waals surface area contributed by atoms with Gasteiger partial charge in [-0.1, -0.05) is 0 Å². The number of nitrogens with zero attached hydrogens (tertiary/aromatic N) is 1. The Morgan fingerprint density at radius 2 is 1.90 bits per heavy atom. The average molecular weight is 310 g/mol. The van der Waals surface area contributed by atoms with E-state index in [0.717, 1.165) is 5.56 Å². The van der Waals surface area contributed by atoms with Crippen molar-refractivity contribution in [2.45, 2.75) is 38.3 Å². The number of nitrogens with one attached hydrogen (secondary N) is 1. The summed E-state index contributed by atoms with van der Waals surface area (Å²) in [6.45, 7) is 4.55. The quantitative estimate of drug-likeness (QED) is 0.879. The summed E-state index contributed by atoms with van der Waals surface area (Å²) < 4.78 is 33.0. The molecule has 0 saturated carbocycles. The number of aryl methyl sites for hydroxylation is 2. The second kappa shape index (κ2) is 5.97. The molecule has 2 aromatic rings. The van der Waals surface area contributed by atoms with Gasteiger partial charge in [0.05, 0.1) is 6.61 Å². The first-order chi connectivity index (χ1) is 9.86. The van der Waals surface area contributed by atoms with Crippen molar-refractivity contribution < 1.29 is 17.9 Å². The summed E-state index contributed by atoms with van der Waals surface area (Å²) in [5, 5.41) is 9.37. The van der Waals surface area contributed by atoms with Gasteiger partial charge in [0.1, 0.15) is 16.4 Å². The molecule has 2 aromatic heterocycles. The maximum absolute atomic E-state index is 12.5. The zero-order valence-electron chi connectivity index (χ0n) is 12.1. The summed E-state index contributed by atoms with van der Waals surface area (Å²) in [4.78, 5) is 3.92. The molecule has 0 aliphatic rings. The summed E-state index contributed by atoms with van der Waals surface area (Å²) in [6.07, 6.45) is 3.21. The molecule has 0 fully saturated rings. The first kappa shape index (κ1) is 15.7. The summed E-state index contributed by atoms with van der Waals surface area (Å²) in [7, 11) is -3.78. The Labute approximate surface area is 123 Å². The number of aliphatic hydroxyl groups is 1. The van der Waals surface area contributed by atoms with Gasteiger partial charge in [0.25, 0.3) is 0 Å². The van der Waals surface area contributed by atoms with Crippen LogP contribution >= 0.6 is 0 Å². The van der Waals surface area contributed by atoms with Crippen molar-refractivity contribution in [1.82, 2.24) is 9.71 Å². The van der Waals surface area contributed by atoms with Crippen molar-refractivity contribution in [2.24, 2.45) is 0 Å². The summed E-state index contributed by atoms with van der Waals surface area (Å²) in [5.74, 6) is 0.679. The smallest absolute Gasteiger partial charge is 0.244 e. The van der Waals surface area contributed by atoms with Crippen LogP contribution in [0.3, 0.4) is 0 Å². The summed E-state index contributed by atoms with van der Waals surface area (Å²) in [6, 6.07) is 3.07. The minimum absolute atomic E-state index is 0.0170. The number of rotatable bonds is 5. The van der Waals surface area contributed by atoms with Crippen molar-refractivity contribution in [1.29, 1.82) is 0 Å². The fraction of sp³-hybridized carbons (Fsp3) is 0.357. The number of hydrogen-bond acceptors (Lipinski definition) is 5. The van der Waals surface area contributed by atoms with Gasteiger partial charge in [0.15, 0.2) is 0 Å². The van der Waals surface area contributed by atoms with Crippen LogP contribution in [0.15, 0.2) is 33.8 Å². The third-order valence-electron chi connectivity index (χ3n) is 3.29. The second-order valence-corrected chi connectivity index (χ2v) is 6.45. The fourth-order valence-corrected chi connectivity index (χ4v) is 3.93. The summed E-state index contributed by atoms with van der Waals surface area (Å²) in [5.41, 5.74) is 1.10. The third kappa shape index (κ3) is 3.15. The Balaban J connectivity index is 2.36. The minimum Gasteiger partial charge on any atom is -0.465 e. The largest absolute Gasteiger partial charge is 0.465 e. The van der Waals surface area contributed by atoms with Crippen molar-refractivity contribution in [2.75, 3.05) is 0 Å². The fourth-order valence-electron chi connectivity index (χ4n) is 2.26. The minimum atomic E-state index is -3.78. The lowest BCUT2D eigenvalue weighted by Crippen LogP contribution is -2.28. The molecule has 6 nitrogen and oxygen atoms in total. The van der Waals surface area contributed by atoms with Gasteiger partial charge in [-0.2, -0.15) is 0 Å². The van der Waals surface area contributed by atoms with Gasteiger partial charge in [0.2, 0.25) is 10.0 Å². The normalized spacial score (nSPS) is 13.3. The second-order valence-electron chi connectivity index (χ2n) is 4.80. The number of sulfonamides is 1. The molecule has 0 spiro atoms. The van der Waals surface area contributed by atoms with E-state index in [1.165, 1.54) is 0 Å². The van der Waals surface area contributed by atoms with E-state index >= 15 is 0 Å². The van der Waals surface area contributed by atoms with Crippen LogP contribution in [0.4, 0.5) is 0 Å². The van der Waals surface area contributed by atoms with Crippen LogP contribution in [-0.4, -0.2) is 18.5 Å². The van der Waals surface area contributed by atoms with Crippen LogP contribution < -0.4 is 4.72 Å². The highest BCUT2D eigenvalue weighted by Crippen LogP contribution is 2.27. The standard InChI is InChI=1S/C14H18N2O4S/c1-9(12-4-6-15-7-5-12)16-21(18,19)14-11(3)20-10(2)13(14)8-17/h4-7,9,16-17H,8H2,1-3H3. The highest BCUT2D eigenvalue weighted by Gasteiger charge is 2.28. The molecule has 2 N–H and O–H groups in total. The predicted octanol–water partition coefficient (Wildman–Crippen LogP) is 1.82. The van der Waals surface area contributed by atoms with Crippen LogP contribution in [0.2, 0.25) is 0 Å². The Morgan fingerprint density at radius 1 is 1.29 bits per heavy atom. The topological polar surface area (TPSA) is 92.4 Å². The Kier molecular flexibility index (Phi) is 4.46. The Hall–Kier alpha value is -1.70. The Morgan fingerprint density at radius 3 is 2.48 bits per heavy atom. The zero-order chi connectivity index (χ0) is 15.6. The molecule has 1 unspecified atom stereocenters. The number of hydrogen-bond donors (Lipinski definition) is 2. The van der Waals surface area contributed by atoms with Crippen molar-refractivity contribution in [3.8, 4) is 0 Å². The first-order valence-corrected chi connectivity index (χ1v) is 7.97. The van der Waals surface area contributed by atoms with Crippen molar-refractivity contribution >= 4 is 10.0 Å². The van der Waals surface area contributed by atoms with Gasteiger partial charge in [-0.15, -0.1) is 0 Å². The van der Waals surface area contributed by atoms with Gasteiger partial charge in [-0.25, -0.2) is 13.1 Å². The van der Waals surface area contributed by atoms with E-state index in [2.05, 4.69) is 9.71 Å². The van der Waals surface area contributed by atoms with Gasteiger partial charge in [-0.05, 0) is 38.5 Å². The lowest BCUT2D eigenvalue weighted by Gasteiger charge is -2.14. The van der Waals surface area contributed by atoms with Crippen LogP contribution in [0, 0.1) is 13.8 Å². The first-order valence-electron chi connectivity index (χ1n) is 6.48. The molecule has 2 rings (SSSR count). The molecule has 2 heterocycles. The van der Waals surface area contributed by atoms with E-state index in [-0.39, 0.29) is 17.3 Å². The molecule has 0 aliphatic heterocycles. The summed E-state index contributed by atoms with van der Waals surface area (Å²) >= 11 is 0. The van der Waals surface area contributed by atoms with Gasteiger partial charge >= 0.3 is 0 Å². The lowest BCUT2D eigenvalue weighted by molar-refractivity contribution is 0.276. The lowest BCUT2D eigenvalue weighted by atomic mass is 10.1. The Bertz CT molecular complexity index is 723. The van der Waals surface area contributed by atoms with Crippen LogP contribution in [-0.2, 0) is 16.6 Å². The van der Waals surface area contributed by atoms with Crippen LogP contribution in [0.5, 0.6) is 0 Å². The zero-order valence-corrected chi connectivity index (χ0v) is 12.9. The van der Waals surface area contributed by atoms with Crippen molar-refractivity contribution in [3.05, 3.63) is 47.2 Å². The van der Waals surface area contributed by atoms with E-state index in [1.807, 2.05) is 0 Å². The van der Waals surface area contributed by atoms with E-state index in [4.69, 9.17) is 4.42 Å². The molecule has 114 valence electrons. The van der Waals surface area contributed by atoms with Crippen LogP contribution in [0.25, 0.3) is 0 Å². The molecule has 1 atom stereocenters. The van der Waals surface area contributed by atoms with Gasteiger partial charge < -0.3 is 9.52 Å². The van der Waals surface area contributed by atoms with E-state index in [1.54, 1.807) is 45.3 Å². The van der Waals surface area contributed by atoms with Gasteiger partial charge in [-0.3, -0.25) is 4.98 Å². The van der Waals surface area contributed by atoms with Crippen molar-refractivity contribution in [3.63, 3.8) is 0 Å². The maximum Gasteiger partial charge on any atom is 0.244 e. The number of pyridine rings is 1. The molecular formula is C14H18N2O4S. The number of furan rings is 1. The number of aliphatic hydroxyl groups excluding tert-OH is 1. The molecule has 7 heteroatoms. The third-order valence-corrected chi connectivity index (χ3v) is 5.03. The van der Waals surface area contributed by atoms with Gasteiger partial charge in [0, 0.05) is 24.0 Å². The molecule has 0 radical (unpaired) electrons. The highest BCUT2D eigenvalue weighted by molar-refractivity contribution is 7.89. The van der Waals surface area contributed by atoms with E-state index < -0.39 is 16.1 Å². The molecule has 0 bridgehead atoms. The molecule has 21 heavy (non-hydrogen) atoms. The molecule has 0 aliphatic carbocycles. The molecular weight excluding hydrogens is 292 g/mol. The van der Waals surface area contributed by atoms with Crippen LogP contribution in [0.1, 0.15) is 35.6 Å².